The molecule has 1 N–H and O–H groups in total. The number of nitriles is 1. The van der Waals surface area contributed by atoms with E-state index in [2.05, 4.69) is 14.8 Å². The highest BCUT2D eigenvalue weighted by atomic mass is 32.2. The predicted octanol–water partition coefficient (Wildman–Crippen LogP) is 1.99. The zero-order chi connectivity index (χ0) is 16.4. The van der Waals surface area contributed by atoms with Crippen LogP contribution in [0.2, 0.25) is 0 Å². The SMILES string of the molecule is Cc1c(C#N)nn(-c2cccnc2)c1NS(=O)(=O)CCC1CC1. The van der Waals surface area contributed by atoms with E-state index in [9.17, 15) is 8.42 Å². The van der Waals surface area contributed by atoms with Crippen LogP contribution in [0.3, 0.4) is 0 Å². The average Bonchev–Trinajstić information content (AvgIpc) is 3.32. The minimum absolute atomic E-state index is 0.0806. The first-order valence-corrected chi connectivity index (χ1v) is 9.06. The normalized spacial score (nSPS) is 14.4. The summed E-state index contributed by atoms with van der Waals surface area (Å²) in [6.45, 7) is 1.68. The fourth-order valence-electron chi connectivity index (χ4n) is 2.31. The molecule has 1 fully saturated rings. The number of anilines is 1. The first kappa shape index (κ1) is 15.5. The molecule has 0 aromatic carbocycles. The zero-order valence-electron chi connectivity index (χ0n) is 12.7. The number of nitrogens with zero attached hydrogens (tertiary/aromatic N) is 4. The summed E-state index contributed by atoms with van der Waals surface area (Å²) in [7, 11) is -3.48. The summed E-state index contributed by atoms with van der Waals surface area (Å²) in [5.74, 6) is 0.910. The Bertz CT molecular complexity index is 848. The number of aromatic nitrogens is 3. The van der Waals surface area contributed by atoms with Crippen LogP contribution in [0, 0.1) is 24.2 Å². The van der Waals surface area contributed by atoms with Crippen molar-refractivity contribution in [2.24, 2.45) is 5.92 Å². The van der Waals surface area contributed by atoms with E-state index in [-0.39, 0.29) is 11.4 Å². The van der Waals surface area contributed by atoms with Gasteiger partial charge in [0.2, 0.25) is 10.0 Å². The van der Waals surface area contributed by atoms with Crippen molar-refractivity contribution >= 4 is 15.8 Å². The van der Waals surface area contributed by atoms with Gasteiger partial charge in [-0.25, -0.2) is 13.1 Å². The third-order valence-electron chi connectivity index (χ3n) is 3.86. The molecule has 8 heteroatoms. The number of nitrogens with one attached hydrogen (secondary N) is 1. The second-order valence-corrected chi connectivity index (χ2v) is 7.55. The molecule has 0 atom stereocenters. The van der Waals surface area contributed by atoms with Gasteiger partial charge in [0.05, 0.1) is 17.6 Å². The molecule has 120 valence electrons. The molecule has 0 unspecified atom stereocenters. The minimum Gasteiger partial charge on any atom is -0.267 e. The molecular formula is C15H17N5O2S. The van der Waals surface area contributed by atoms with Crippen LogP contribution in [-0.4, -0.2) is 28.9 Å². The second-order valence-electron chi connectivity index (χ2n) is 5.71. The first-order valence-electron chi connectivity index (χ1n) is 7.41. The van der Waals surface area contributed by atoms with Crippen molar-refractivity contribution in [3.63, 3.8) is 0 Å². The van der Waals surface area contributed by atoms with Crippen molar-refractivity contribution < 1.29 is 8.42 Å². The number of pyridine rings is 1. The third-order valence-corrected chi connectivity index (χ3v) is 5.14. The van der Waals surface area contributed by atoms with Crippen LogP contribution in [0.5, 0.6) is 0 Å². The van der Waals surface area contributed by atoms with Crippen LogP contribution >= 0.6 is 0 Å². The van der Waals surface area contributed by atoms with Gasteiger partial charge >= 0.3 is 0 Å². The zero-order valence-corrected chi connectivity index (χ0v) is 13.5. The highest BCUT2D eigenvalue weighted by molar-refractivity contribution is 7.92. The van der Waals surface area contributed by atoms with Gasteiger partial charge in [0.15, 0.2) is 5.69 Å². The van der Waals surface area contributed by atoms with Crippen LogP contribution < -0.4 is 4.72 Å². The highest BCUT2D eigenvalue weighted by Crippen LogP contribution is 2.33. The van der Waals surface area contributed by atoms with Gasteiger partial charge in [0.25, 0.3) is 0 Å². The molecule has 23 heavy (non-hydrogen) atoms. The van der Waals surface area contributed by atoms with Crippen molar-refractivity contribution in [1.29, 1.82) is 5.26 Å². The van der Waals surface area contributed by atoms with Crippen LogP contribution in [0.15, 0.2) is 24.5 Å². The van der Waals surface area contributed by atoms with Crippen LogP contribution in [0.1, 0.15) is 30.5 Å². The summed E-state index contributed by atoms with van der Waals surface area (Å²) < 4.78 is 28.6. The maximum atomic E-state index is 12.3. The van der Waals surface area contributed by atoms with Crippen molar-refractivity contribution in [1.82, 2.24) is 14.8 Å². The van der Waals surface area contributed by atoms with E-state index in [0.717, 1.165) is 12.8 Å². The Hall–Kier alpha value is -2.40. The molecular weight excluding hydrogens is 314 g/mol. The fraction of sp³-hybridized carbons (Fsp3) is 0.400. The van der Waals surface area contributed by atoms with E-state index in [1.54, 1.807) is 31.5 Å². The quantitative estimate of drug-likeness (QED) is 0.872. The topological polar surface area (TPSA) is 101 Å². The Morgan fingerprint density at radius 3 is 2.87 bits per heavy atom. The van der Waals surface area contributed by atoms with Gasteiger partial charge in [-0.3, -0.25) is 9.71 Å². The molecule has 1 aliphatic carbocycles. The van der Waals surface area contributed by atoms with E-state index >= 15 is 0 Å². The van der Waals surface area contributed by atoms with E-state index in [4.69, 9.17) is 5.26 Å². The van der Waals surface area contributed by atoms with Crippen molar-refractivity contribution in [2.75, 3.05) is 10.5 Å². The van der Waals surface area contributed by atoms with E-state index in [1.807, 2.05) is 6.07 Å². The molecule has 0 spiro atoms. The highest BCUT2D eigenvalue weighted by Gasteiger charge is 2.26. The standard InChI is InChI=1S/C15H17N5O2S/c1-11-14(9-16)18-20(13-3-2-7-17-10-13)15(11)19-23(21,22)8-6-12-4-5-12/h2-3,7,10,12,19H,4-6,8H2,1H3. The van der Waals surface area contributed by atoms with Gasteiger partial charge in [-0.15, -0.1) is 0 Å². The number of rotatable bonds is 6. The lowest BCUT2D eigenvalue weighted by atomic mass is 10.3. The summed E-state index contributed by atoms with van der Waals surface area (Å²) in [5, 5.41) is 13.3. The summed E-state index contributed by atoms with van der Waals surface area (Å²) in [5.41, 5.74) is 1.29. The molecule has 2 aromatic rings. The van der Waals surface area contributed by atoms with E-state index < -0.39 is 10.0 Å². The molecule has 2 heterocycles. The van der Waals surface area contributed by atoms with E-state index in [0.29, 0.717) is 29.4 Å². The van der Waals surface area contributed by atoms with Crippen molar-refractivity contribution in [2.45, 2.75) is 26.2 Å². The Kier molecular flexibility index (Phi) is 4.05. The summed E-state index contributed by atoms with van der Waals surface area (Å²) in [4.78, 5) is 4.01. The van der Waals surface area contributed by atoms with Crippen LogP contribution in [-0.2, 0) is 10.0 Å². The van der Waals surface area contributed by atoms with Gasteiger partial charge in [0.1, 0.15) is 11.9 Å². The molecule has 0 radical (unpaired) electrons. The van der Waals surface area contributed by atoms with E-state index in [1.165, 1.54) is 4.68 Å². The van der Waals surface area contributed by atoms with Gasteiger partial charge in [0, 0.05) is 11.8 Å². The molecule has 3 rings (SSSR count). The maximum Gasteiger partial charge on any atom is 0.233 e. The molecule has 0 aliphatic heterocycles. The van der Waals surface area contributed by atoms with Crippen LogP contribution in [0.25, 0.3) is 5.69 Å². The molecule has 0 bridgehead atoms. The Labute approximate surface area is 135 Å². The Morgan fingerprint density at radius 1 is 1.48 bits per heavy atom. The molecule has 0 amide bonds. The maximum absolute atomic E-state index is 12.3. The summed E-state index contributed by atoms with van der Waals surface area (Å²) in [6.07, 6.45) is 6.07. The van der Waals surface area contributed by atoms with Gasteiger partial charge in [-0.2, -0.15) is 10.4 Å². The number of hydrogen-bond donors (Lipinski definition) is 1. The smallest absolute Gasteiger partial charge is 0.233 e. The number of sulfonamides is 1. The van der Waals surface area contributed by atoms with Gasteiger partial charge < -0.3 is 0 Å². The molecule has 1 saturated carbocycles. The third kappa shape index (κ3) is 3.51. The van der Waals surface area contributed by atoms with Crippen LogP contribution in [0.4, 0.5) is 5.82 Å². The van der Waals surface area contributed by atoms with Gasteiger partial charge in [-0.1, -0.05) is 12.8 Å². The monoisotopic (exact) mass is 331 g/mol. The first-order chi connectivity index (χ1) is 11.0. The lowest BCUT2D eigenvalue weighted by molar-refractivity contribution is 0.595. The summed E-state index contributed by atoms with van der Waals surface area (Å²) in [6, 6.07) is 5.46. The van der Waals surface area contributed by atoms with Gasteiger partial charge in [-0.05, 0) is 31.4 Å². The Morgan fingerprint density at radius 2 is 2.26 bits per heavy atom. The Balaban J connectivity index is 1.94. The largest absolute Gasteiger partial charge is 0.267 e. The molecule has 2 aromatic heterocycles. The fourth-order valence-corrected chi connectivity index (χ4v) is 3.59. The van der Waals surface area contributed by atoms with Crippen molar-refractivity contribution in [3.05, 3.63) is 35.8 Å². The minimum atomic E-state index is -3.48. The summed E-state index contributed by atoms with van der Waals surface area (Å²) >= 11 is 0. The molecule has 0 saturated heterocycles. The second kappa shape index (κ2) is 6.01. The number of hydrogen-bond acceptors (Lipinski definition) is 5. The lowest BCUT2D eigenvalue weighted by Gasteiger charge is -2.11. The predicted molar refractivity (Wildman–Crippen MR) is 85.6 cm³/mol. The molecule has 7 nitrogen and oxygen atoms in total. The average molecular weight is 331 g/mol. The lowest BCUT2D eigenvalue weighted by Crippen LogP contribution is -2.20. The van der Waals surface area contributed by atoms with Crippen molar-refractivity contribution in [3.8, 4) is 11.8 Å². The molecule has 1 aliphatic rings.